The zero-order valence-electron chi connectivity index (χ0n) is 17.3. The summed E-state index contributed by atoms with van der Waals surface area (Å²) in [6, 6.07) is 13.2. The highest BCUT2D eigenvalue weighted by Crippen LogP contribution is 2.63. The Morgan fingerprint density at radius 1 is 1.03 bits per heavy atom. The first-order valence-electron chi connectivity index (χ1n) is 10.7. The van der Waals surface area contributed by atoms with E-state index in [4.69, 9.17) is 4.42 Å². The average Bonchev–Trinajstić information content (AvgIpc) is 3.30. The van der Waals surface area contributed by atoms with Crippen molar-refractivity contribution in [3.63, 3.8) is 0 Å². The molecule has 0 saturated heterocycles. The van der Waals surface area contributed by atoms with E-state index in [9.17, 15) is 14.7 Å². The van der Waals surface area contributed by atoms with Gasteiger partial charge in [0.05, 0.1) is 17.8 Å². The fourth-order valence-corrected chi connectivity index (χ4v) is 4.65. The van der Waals surface area contributed by atoms with Gasteiger partial charge in [-0.3, -0.25) is 14.6 Å². The SMILES string of the molecule is O=C(Nc1ccc(C2CCC3(CC2)C[C@H]3C(=O)O)nc1)c1nnc(Nc2ccccc2)o1. The normalized spacial score (nSPS) is 24.1. The number of nitrogens with one attached hydrogen (secondary N) is 2. The van der Waals surface area contributed by atoms with Crippen LogP contribution in [0.2, 0.25) is 0 Å². The van der Waals surface area contributed by atoms with E-state index in [1.807, 2.05) is 36.4 Å². The van der Waals surface area contributed by atoms with E-state index in [2.05, 4.69) is 25.8 Å². The van der Waals surface area contributed by atoms with Crippen LogP contribution >= 0.6 is 0 Å². The number of rotatable bonds is 6. The largest absolute Gasteiger partial charge is 0.481 e. The summed E-state index contributed by atoms with van der Waals surface area (Å²) in [7, 11) is 0. The molecule has 32 heavy (non-hydrogen) atoms. The number of carbonyl (C=O) groups is 2. The van der Waals surface area contributed by atoms with Crippen molar-refractivity contribution in [2.45, 2.75) is 38.0 Å². The number of carboxylic acids is 1. The maximum atomic E-state index is 12.4. The molecule has 2 saturated carbocycles. The molecular formula is C23H23N5O4. The molecule has 164 valence electrons. The number of nitrogens with zero attached hydrogens (tertiary/aromatic N) is 3. The standard InChI is InChI=1S/C23H23N5O4/c29-19(20-27-28-22(32-20)26-15-4-2-1-3-5-15)25-16-6-7-18(24-13-16)14-8-10-23(11-9-14)12-17(23)21(30)31/h1-7,13-14,17H,8-12H2,(H,25,29)(H,26,28)(H,30,31)/t14?,17-,23?/m0/s1. The average molecular weight is 433 g/mol. The lowest BCUT2D eigenvalue weighted by atomic mass is 9.77. The van der Waals surface area contributed by atoms with Crippen LogP contribution in [0.25, 0.3) is 0 Å². The van der Waals surface area contributed by atoms with Gasteiger partial charge in [-0.2, -0.15) is 0 Å². The number of anilines is 3. The zero-order chi connectivity index (χ0) is 22.1. The first-order valence-corrected chi connectivity index (χ1v) is 10.7. The molecule has 1 spiro atoms. The van der Waals surface area contributed by atoms with Crippen molar-refractivity contribution in [3.8, 4) is 0 Å². The Morgan fingerprint density at radius 3 is 2.47 bits per heavy atom. The number of carbonyl (C=O) groups excluding carboxylic acids is 1. The minimum atomic E-state index is -0.661. The smallest absolute Gasteiger partial charge is 0.320 e. The van der Waals surface area contributed by atoms with Gasteiger partial charge in [-0.1, -0.05) is 23.3 Å². The Labute approximate surface area is 184 Å². The lowest BCUT2D eigenvalue weighted by molar-refractivity contribution is -0.139. The summed E-state index contributed by atoms with van der Waals surface area (Å²) in [5.74, 6) is -1.17. The lowest BCUT2D eigenvalue weighted by Gasteiger charge is -2.28. The Balaban J connectivity index is 1.16. The molecule has 2 heterocycles. The molecule has 9 heteroatoms. The van der Waals surface area contributed by atoms with Crippen LogP contribution in [0.4, 0.5) is 17.4 Å². The highest BCUT2D eigenvalue weighted by Gasteiger charge is 2.58. The summed E-state index contributed by atoms with van der Waals surface area (Å²) < 4.78 is 5.38. The molecule has 2 fully saturated rings. The van der Waals surface area contributed by atoms with Crippen LogP contribution < -0.4 is 10.6 Å². The second-order valence-electron chi connectivity index (χ2n) is 8.56. The molecule has 1 atom stereocenters. The van der Waals surface area contributed by atoms with E-state index in [0.29, 0.717) is 11.6 Å². The minimum Gasteiger partial charge on any atom is -0.481 e. The highest BCUT2D eigenvalue weighted by molar-refractivity contribution is 6.00. The molecule has 1 amide bonds. The molecule has 1 aromatic carbocycles. The van der Waals surface area contributed by atoms with Crippen molar-refractivity contribution in [1.29, 1.82) is 0 Å². The third-order valence-electron chi connectivity index (χ3n) is 6.58. The molecule has 0 unspecified atom stereocenters. The lowest BCUT2D eigenvalue weighted by Crippen LogP contribution is -2.19. The van der Waals surface area contributed by atoms with Crippen molar-refractivity contribution in [2.24, 2.45) is 11.3 Å². The van der Waals surface area contributed by atoms with E-state index >= 15 is 0 Å². The van der Waals surface area contributed by atoms with E-state index in [1.165, 1.54) is 0 Å². The molecule has 0 aliphatic heterocycles. The van der Waals surface area contributed by atoms with Gasteiger partial charge in [-0.25, -0.2) is 0 Å². The summed E-state index contributed by atoms with van der Waals surface area (Å²) >= 11 is 0. The van der Waals surface area contributed by atoms with Gasteiger partial charge in [0.1, 0.15) is 0 Å². The number of aliphatic carboxylic acids is 1. The van der Waals surface area contributed by atoms with E-state index in [-0.39, 0.29) is 23.2 Å². The molecule has 2 aliphatic rings. The zero-order valence-corrected chi connectivity index (χ0v) is 17.3. The number of amides is 1. The summed E-state index contributed by atoms with van der Waals surface area (Å²) in [6.07, 6.45) is 6.19. The van der Waals surface area contributed by atoms with E-state index in [1.54, 1.807) is 12.3 Å². The minimum absolute atomic E-state index is 0.0224. The molecule has 0 bridgehead atoms. The third kappa shape index (κ3) is 4.05. The number of para-hydroxylation sites is 1. The first kappa shape index (κ1) is 20.2. The van der Waals surface area contributed by atoms with Crippen LogP contribution in [0.3, 0.4) is 0 Å². The number of carboxylic acid groups (broad SMARTS) is 1. The van der Waals surface area contributed by atoms with Gasteiger partial charge in [0.15, 0.2) is 0 Å². The number of aromatic nitrogens is 3. The predicted molar refractivity (Wildman–Crippen MR) is 116 cm³/mol. The summed E-state index contributed by atoms with van der Waals surface area (Å²) in [4.78, 5) is 28.2. The van der Waals surface area contributed by atoms with Crippen LogP contribution in [-0.4, -0.2) is 32.2 Å². The molecule has 2 aromatic heterocycles. The highest BCUT2D eigenvalue weighted by atomic mass is 16.4. The molecule has 5 rings (SSSR count). The van der Waals surface area contributed by atoms with Gasteiger partial charge in [0.2, 0.25) is 0 Å². The monoisotopic (exact) mass is 433 g/mol. The van der Waals surface area contributed by atoms with Crippen molar-refractivity contribution in [3.05, 3.63) is 60.2 Å². The van der Waals surface area contributed by atoms with Crippen LogP contribution in [0.1, 0.15) is 54.4 Å². The second kappa shape index (κ2) is 8.07. The number of benzene rings is 1. The molecule has 0 radical (unpaired) electrons. The van der Waals surface area contributed by atoms with Gasteiger partial charge in [0, 0.05) is 17.3 Å². The van der Waals surface area contributed by atoms with Crippen molar-refractivity contribution in [2.75, 3.05) is 10.6 Å². The summed E-state index contributed by atoms with van der Waals surface area (Å²) in [6.45, 7) is 0. The second-order valence-corrected chi connectivity index (χ2v) is 8.56. The van der Waals surface area contributed by atoms with Gasteiger partial charge in [-0.05, 0) is 61.8 Å². The number of pyridine rings is 1. The van der Waals surface area contributed by atoms with Crippen molar-refractivity contribution < 1.29 is 19.1 Å². The van der Waals surface area contributed by atoms with Crippen LogP contribution in [-0.2, 0) is 4.79 Å². The Hall–Kier alpha value is -3.75. The maximum Gasteiger partial charge on any atom is 0.320 e. The maximum absolute atomic E-state index is 12.4. The first-order chi connectivity index (χ1) is 15.5. The van der Waals surface area contributed by atoms with E-state index in [0.717, 1.165) is 43.5 Å². The van der Waals surface area contributed by atoms with Crippen molar-refractivity contribution in [1.82, 2.24) is 15.2 Å². The van der Waals surface area contributed by atoms with E-state index < -0.39 is 11.9 Å². The molecular weight excluding hydrogens is 410 g/mol. The van der Waals surface area contributed by atoms with Crippen LogP contribution in [0.5, 0.6) is 0 Å². The number of hydrogen-bond donors (Lipinski definition) is 3. The van der Waals surface area contributed by atoms with Gasteiger partial charge in [-0.15, -0.1) is 5.10 Å². The quantitative estimate of drug-likeness (QED) is 0.527. The fraction of sp³-hybridized carbons (Fsp3) is 0.348. The molecule has 3 aromatic rings. The van der Waals surface area contributed by atoms with Crippen LogP contribution in [0.15, 0.2) is 53.1 Å². The fourth-order valence-electron chi connectivity index (χ4n) is 4.65. The third-order valence-corrected chi connectivity index (χ3v) is 6.58. The number of hydrogen-bond acceptors (Lipinski definition) is 7. The molecule has 2 aliphatic carbocycles. The predicted octanol–water partition coefficient (Wildman–Crippen LogP) is 4.21. The Kier molecular flexibility index (Phi) is 5.08. The Bertz CT molecular complexity index is 1120. The van der Waals surface area contributed by atoms with Gasteiger partial charge < -0.3 is 20.2 Å². The summed E-state index contributed by atoms with van der Waals surface area (Å²) in [5, 5.41) is 22.5. The van der Waals surface area contributed by atoms with Gasteiger partial charge in [0.25, 0.3) is 0 Å². The van der Waals surface area contributed by atoms with Crippen molar-refractivity contribution >= 4 is 29.3 Å². The van der Waals surface area contributed by atoms with Gasteiger partial charge >= 0.3 is 23.8 Å². The van der Waals surface area contributed by atoms with Crippen LogP contribution in [0, 0.1) is 11.3 Å². The molecule has 9 nitrogen and oxygen atoms in total. The molecule has 3 N–H and O–H groups in total. The summed E-state index contributed by atoms with van der Waals surface area (Å²) in [5.41, 5.74) is 2.30. The Morgan fingerprint density at radius 2 is 1.81 bits per heavy atom. The topological polar surface area (TPSA) is 130 Å².